The molecule has 3 N–H and O–H groups in total. The van der Waals surface area contributed by atoms with Gasteiger partial charge in [0.05, 0.1) is 11.0 Å². The summed E-state index contributed by atoms with van der Waals surface area (Å²) in [5.41, 5.74) is 0.745. The molecule has 0 saturated carbocycles. The zero-order valence-corrected chi connectivity index (χ0v) is 18.8. The number of hydrogen-bond acceptors (Lipinski definition) is 4. The van der Waals surface area contributed by atoms with Crippen LogP contribution in [-0.2, 0) is 9.59 Å². The van der Waals surface area contributed by atoms with Crippen molar-refractivity contribution in [2.75, 3.05) is 18.4 Å². The molecule has 1 rings (SSSR count). The van der Waals surface area contributed by atoms with E-state index in [1.165, 1.54) is 0 Å². The average Bonchev–Trinajstić information content (AvgIpc) is 2.90. The van der Waals surface area contributed by atoms with E-state index in [9.17, 15) is 9.59 Å². The van der Waals surface area contributed by atoms with Crippen LogP contribution in [0.1, 0.15) is 54.4 Å². The fourth-order valence-electron chi connectivity index (χ4n) is 2.85. The molecule has 2 amide bonds. The fraction of sp³-hybridized carbons (Fsp3) is 0.609. The van der Waals surface area contributed by atoms with Crippen molar-refractivity contribution in [2.24, 2.45) is 16.8 Å². The van der Waals surface area contributed by atoms with Crippen molar-refractivity contribution in [2.45, 2.75) is 66.5 Å². The molecule has 0 saturated heterocycles. The van der Waals surface area contributed by atoms with E-state index >= 15 is 0 Å². The van der Waals surface area contributed by atoms with Crippen LogP contribution in [0.4, 0.5) is 5.69 Å². The lowest BCUT2D eigenvalue weighted by molar-refractivity contribution is -0.123. The average molecular weight is 403 g/mol. The Balaban J connectivity index is 3.29. The smallest absolute Gasteiger partial charge is 0.245 e. The van der Waals surface area contributed by atoms with E-state index in [0.717, 1.165) is 18.5 Å². The lowest BCUT2D eigenvalue weighted by atomic mass is 10.0. The van der Waals surface area contributed by atoms with Crippen molar-refractivity contribution in [1.82, 2.24) is 10.6 Å². The van der Waals surface area contributed by atoms with Crippen LogP contribution in [0.5, 0.6) is 0 Å². The molecule has 6 nitrogen and oxygen atoms in total. The van der Waals surface area contributed by atoms with Gasteiger partial charge in [0.2, 0.25) is 11.8 Å². The van der Waals surface area contributed by atoms with E-state index in [1.807, 2.05) is 71.9 Å². The third-order valence-corrected chi connectivity index (χ3v) is 4.55. The van der Waals surface area contributed by atoms with Gasteiger partial charge in [-0.1, -0.05) is 59.7 Å². The SMILES string of the molecule is CCCNC(=O)[C@@H](N=c1cccccc1N[C@H](C(=O)NCCC)C(C)C)C(C)C. The Bertz CT molecular complexity index is 716. The standard InChI is InChI=1S/C23H38N4O2/c1-7-14-24-22(28)20(16(3)4)26-18-12-10-9-11-13-19(18)27-21(17(5)6)23(29)25-15-8-2/h9-13,16-17,20-21H,7-8,14-15H2,1-6H3,(H,24,28)(H,25,29)(H,26,27)/t20-,21-/m0/s1. The molecule has 0 aromatic heterocycles. The molecule has 1 aromatic carbocycles. The van der Waals surface area contributed by atoms with Crippen molar-refractivity contribution in [3.63, 3.8) is 0 Å². The van der Waals surface area contributed by atoms with E-state index in [2.05, 4.69) is 16.0 Å². The zero-order chi connectivity index (χ0) is 21.8. The van der Waals surface area contributed by atoms with Gasteiger partial charge in [-0.3, -0.25) is 14.6 Å². The van der Waals surface area contributed by atoms with E-state index in [-0.39, 0.29) is 29.7 Å². The van der Waals surface area contributed by atoms with Crippen molar-refractivity contribution < 1.29 is 9.59 Å². The molecule has 1 aromatic rings. The quantitative estimate of drug-likeness (QED) is 0.532. The number of nitrogens with zero attached hydrogens (tertiary/aromatic N) is 1. The minimum atomic E-state index is -0.490. The van der Waals surface area contributed by atoms with E-state index in [1.54, 1.807) is 0 Å². The van der Waals surface area contributed by atoms with Gasteiger partial charge in [0.15, 0.2) is 0 Å². The number of nitrogens with one attached hydrogen (secondary N) is 3. The Kier molecular flexibility index (Phi) is 11.0. The molecule has 0 heterocycles. The number of amides is 2. The summed E-state index contributed by atoms with van der Waals surface area (Å²) in [7, 11) is 0. The van der Waals surface area contributed by atoms with Gasteiger partial charge >= 0.3 is 0 Å². The fourth-order valence-corrected chi connectivity index (χ4v) is 2.85. The van der Waals surface area contributed by atoms with Crippen LogP contribution in [0.3, 0.4) is 0 Å². The molecule has 6 heteroatoms. The molecule has 0 fully saturated rings. The highest BCUT2D eigenvalue weighted by Gasteiger charge is 2.23. The van der Waals surface area contributed by atoms with Crippen LogP contribution < -0.4 is 21.3 Å². The highest BCUT2D eigenvalue weighted by Crippen LogP contribution is 2.11. The summed E-state index contributed by atoms with van der Waals surface area (Å²) in [6, 6.07) is 8.62. The van der Waals surface area contributed by atoms with Crippen LogP contribution in [-0.4, -0.2) is 37.0 Å². The summed E-state index contributed by atoms with van der Waals surface area (Å²) in [5.74, 6) is 0.0544. The lowest BCUT2D eigenvalue weighted by Crippen LogP contribution is -2.44. The maximum absolute atomic E-state index is 12.6. The van der Waals surface area contributed by atoms with Crippen LogP contribution in [0.25, 0.3) is 0 Å². The highest BCUT2D eigenvalue weighted by atomic mass is 16.2. The van der Waals surface area contributed by atoms with Crippen molar-refractivity contribution in [3.8, 4) is 0 Å². The second-order valence-electron chi connectivity index (χ2n) is 7.98. The molecule has 0 aliphatic rings. The van der Waals surface area contributed by atoms with Gasteiger partial charge in [-0.2, -0.15) is 0 Å². The number of rotatable bonds is 11. The number of anilines is 1. The third kappa shape index (κ3) is 8.26. The number of hydrogen-bond donors (Lipinski definition) is 3. The first-order valence-electron chi connectivity index (χ1n) is 10.8. The van der Waals surface area contributed by atoms with E-state index in [4.69, 9.17) is 4.99 Å². The summed E-state index contributed by atoms with van der Waals surface area (Å²) in [6.45, 7) is 13.3. The molecular formula is C23H38N4O2. The van der Waals surface area contributed by atoms with Gasteiger partial charge in [0, 0.05) is 13.1 Å². The van der Waals surface area contributed by atoms with Gasteiger partial charge in [0.1, 0.15) is 12.1 Å². The first kappa shape index (κ1) is 24.7. The van der Waals surface area contributed by atoms with Crippen molar-refractivity contribution >= 4 is 17.5 Å². The van der Waals surface area contributed by atoms with Crippen LogP contribution in [0, 0.1) is 11.8 Å². The summed E-state index contributed by atoms with van der Waals surface area (Å²) >= 11 is 0. The van der Waals surface area contributed by atoms with Gasteiger partial charge in [-0.25, -0.2) is 0 Å². The largest absolute Gasteiger partial charge is 0.372 e. The highest BCUT2D eigenvalue weighted by molar-refractivity contribution is 5.85. The maximum atomic E-state index is 12.6. The first-order chi connectivity index (χ1) is 13.8. The normalized spacial score (nSPS) is 13.9. The Hall–Kier alpha value is -2.37. The predicted octanol–water partition coefficient (Wildman–Crippen LogP) is 3.10. The third-order valence-electron chi connectivity index (χ3n) is 4.55. The Morgan fingerprint density at radius 2 is 1.45 bits per heavy atom. The Morgan fingerprint density at radius 1 is 0.862 bits per heavy atom. The molecule has 0 unspecified atom stereocenters. The number of carbonyl (C=O) groups is 2. The summed E-state index contributed by atoms with van der Waals surface area (Å²) in [5, 5.41) is 9.95. The predicted molar refractivity (Wildman–Crippen MR) is 119 cm³/mol. The zero-order valence-electron chi connectivity index (χ0n) is 18.8. The maximum Gasteiger partial charge on any atom is 0.245 e. The molecule has 2 atom stereocenters. The minimum absolute atomic E-state index is 0.0274. The molecular weight excluding hydrogens is 364 g/mol. The lowest BCUT2D eigenvalue weighted by Gasteiger charge is -2.23. The van der Waals surface area contributed by atoms with Gasteiger partial charge in [0.25, 0.3) is 0 Å². The van der Waals surface area contributed by atoms with Gasteiger partial charge < -0.3 is 16.0 Å². The van der Waals surface area contributed by atoms with Crippen molar-refractivity contribution in [3.05, 3.63) is 35.7 Å². The monoisotopic (exact) mass is 402 g/mol. The second kappa shape index (κ2) is 13.0. The second-order valence-corrected chi connectivity index (χ2v) is 7.98. The molecule has 0 spiro atoms. The summed E-state index contributed by atoms with van der Waals surface area (Å²) in [4.78, 5) is 30.0. The number of carbonyl (C=O) groups excluding carboxylic acids is 2. The Labute approximate surface area is 175 Å². The summed E-state index contributed by atoms with van der Waals surface area (Å²) in [6.07, 6.45) is 1.77. The van der Waals surface area contributed by atoms with Crippen LogP contribution in [0.15, 0.2) is 35.3 Å². The topological polar surface area (TPSA) is 82.6 Å². The molecule has 0 aliphatic heterocycles. The van der Waals surface area contributed by atoms with Crippen LogP contribution >= 0.6 is 0 Å². The first-order valence-corrected chi connectivity index (χ1v) is 10.8. The van der Waals surface area contributed by atoms with Crippen molar-refractivity contribution in [1.29, 1.82) is 0 Å². The van der Waals surface area contributed by atoms with E-state index < -0.39 is 6.04 Å². The molecule has 29 heavy (non-hydrogen) atoms. The van der Waals surface area contributed by atoms with Gasteiger partial charge in [-0.05, 0) is 36.8 Å². The molecule has 0 bridgehead atoms. The van der Waals surface area contributed by atoms with E-state index in [0.29, 0.717) is 18.4 Å². The summed E-state index contributed by atoms with van der Waals surface area (Å²) < 4.78 is 0. The molecule has 162 valence electrons. The minimum Gasteiger partial charge on any atom is -0.372 e. The molecule has 0 radical (unpaired) electrons. The van der Waals surface area contributed by atoms with Crippen LogP contribution in [0.2, 0.25) is 0 Å². The van der Waals surface area contributed by atoms with Gasteiger partial charge in [-0.15, -0.1) is 0 Å². The molecule has 0 aliphatic carbocycles. The Morgan fingerprint density at radius 3 is 2.00 bits per heavy atom.